The Bertz CT molecular complexity index is 451. The minimum Gasteiger partial charge on any atom is -0.444 e. The van der Waals surface area contributed by atoms with Crippen LogP contribution in [0.1, 0.15) is 54.9 Å². The van der Waals surface area contributed by atoms with E-state index >= 15 is 0 Å². The molecular weight excluding hydrogens is 281 g/mol. The van der Waals surface area contributed by atoms with E-state index in [1.165, 1.54) is 0 Å². The zero-order chi connectivity index (χ0) is 16.8. The van der Waals surface area contributed by atoms with Crippen molar-refractivity contribution < 1.29 is 18.8 Å². The Morgan fingerprint density at radius 1 is 1.18 bits per heavy atom. The van der Waals surface area contributed by atoms with E-state index < -0.39 is 23.9 Å². The number of hydrogen-bond donors (Lipinski definition) is 0. The maximum Gasteiger partial charge on any atom is 0.482 e. The lowest BCUT2D eigenvalue weighted by Gasteiger charge is -2.35. The Kier molecular flexibility index (Phi) is 4.39. The molecule has 6 heteroatoms. The molecule has 22 heavy (non-hydrogen) atoms. The molecule has 0 bridgehead atoms. The Labute approximate surface area is 134 Å². The van der Waals surface area contributed by atoms with Crippen molar-refractivity contribution in [3.63, 3.8) is 0 Å². The van der Waals surface area contributed by atoms with Gasteiger partial charge in [0.1, 0.15) is 5.60 Å². The van der Waals surface area contributed by atoms with Gasteiger partial charge in [-0.15, -0.1) is 0 Å². The third-order valence-corrected chi connectivity index (χ3v) is 4.46. The van der Waals surface area contributed by atoms with Gasteiger partial charge in [0, 0.05) is 6.54 Å². The van der Waals surface area contributed by atoms with E-state index in [-0.39, 0.29) is 12.0 Å². The Balaban J connectivity index is 2.15. The molecule has 2 aliphatic rings. The number of hydrogen-bond acceptors (Lipinski definition) is 4. The van der Waals surface area contributed by atoms with Crippen molar-refractivity contribution in [2.24, 2.45) is 0 Å². The molecule has 2 aliphatic heterocycles. The van der Waals surface area contributed by atoms with Crippen LogP contribution < -0.4 is 0 Å². The monoisotopic (exact) mass is 309 g/mol. The molecule has 0 radical (unpaired) electrons. The largest absolute Gasteiger partial charge is 0.482 e. The van der Waals surface area contributed by atoms with Crippen LogP contribution in [-0.2, 0) is 14.0 Å². The summed E-state index contributed by atoms with van der Waals surface area (Å²) in [4.78, 5) is 14.2. The lowest BCUT2D eigenvalue weighted by Crippen LogP contribution is -2.53. The average Bonchev–Trinajstić information content (AvgIpc) is 2.56. The molecule has 1 saturated heterocycles. The number of amides is 1. The molecule has 0 spiro atoms. The van der Waals surface area contributed by atoms with Crippen molar-refractivity contribution in [3.8, 4) is 0 Å². The number of carbonyl (C=O) groups excluding carboxylic acids is 1. The molecular formula is C16H28BNO4. The first-order valence-corrected chi connectivity index (χ1v) is 7.93. The lowest BCUT2D eigenvalue weighted by atomic mass is 9.74. The summed E-state index contributed by atoms with van der Waals surface area (Å²) in [7, 11) is -0.442. The van der Waals surface area contributed by atoms with E-state index in [0.717, 1.165) is 0 Å². The second-order valence-corrected chi connectivity index (χ2v) is 8.03. The van der Waals surface area contributed by atoms with Gasteiger partial charge in [-0.05, 0) is 54.9 Å². The minimum atomic E-state index is -0.515. The van der Waals surface area contributed by atoms with E-state index in [0.29, 0.717) is 13.0 Å². The number of rotatable bonds is 1. The first-order chi connectivity index (χ1) is 9.93. The first-order valence-electron chi connectivity index (χ1n) is 7.93. The highest BCUT2D eigenvalue weighted by atomic mass is 16.7. The van der Waals surface area contributed by atoms with Crippen LogP contribution in [0, 0.1) is 0 Å². The molecule has 0 aliphatic carbocycles. The summed E-state index contributed by atoms with van der Waals surface area (Å²) in [6.07, 6.45) is 4.43. The zero-order valence-corrected chi connectivity index (χ0v) is 14.8. The van der Waals surface area contributed by atoms with Gasteiger partial charge in [-0.2, -0.15) is 0 Å². The van der Waals surface area contributed by atoms with Gasteiger partial charge in [-0.1, -0.05) is 12.2 Å². The van der Waals surface area contributed by atoms with E-state index in [2.05, 4.69) is 6.08 Å². The first kappa shape index (κ1) is 17.4. The van der Waals surface area contributed by atoms with Crippen LogP contribution in [0.15, 0.2) is 12.2 Å². The highest BCUT2D eigenvalue weighted by Gasteiger charge is 2.55. The molecule has 0 saturated carbocycles. The average molecular weight is 309 g/mol. The Morgan fingerprint density at radius 2 is 1.73 bits per heavy atom. The molecule has 0 aromatic rings. The van der Waals surface area contributed by atoms with Gasteiger partial charge in [-0.25, -0.2) is 4.79 Å². The molecule has 0 N–H and O–H groups in total. The zero-order valence-electron chi connectivity index (χ0n) is 14.8. The Hall–Kier alpha value is -1.01. The minimum absolute atomic E-state index is 0.166. The van der Waals surface area contributed by atoms with Crippen LogP contribution in [0.2, 0.25) is 0 Å². The quantitative estimate of drug-likeness (QED) is 0.551. The second kappa shape index (κ2) is 5.57. The van der Waals surface area contributed by atoms with Crippen LogP contribution in [0.25, 0.3) is 0 Å². The summed E-state index contributed by atoms with van der Waals surface area (Å²) < 4.78 is 17.7. The van der Waals surface area contributed by atoms with E-state index in [9.17, 15) is 4.79 Å². The van der Waals surface area contributed by atoms with Gasteiger partial charge in [0.15, 0.2) is 0 Å². The van der Waals surface area contributed by atoms with Crippen LogP contribution >= 0.6 is 0 Å². The molecule has 124 valence electrons. The maximum atomic E-state index is 12.5. The fourth-order valence-corrected chi connectivity index (χ4v) is 2.52. The van der Waals surface area contributed by atoms with E-state index in [1.807, 2.05) is 54.5 Å². The number of nitrogens with zero attached hydrogens (tertiary/aromatic N) is 1. The summed E-state index contributed by atoms with van der Waals surface area (Å²) >= 11 is 0. The van der Waals surface area contributed by atoms with Crippen molar-refractivity contribution in [2.75, 3.05) is 6.54 Å². The smallest absolute Gasteiger partial charge is 0.444 e. The van der Waals surface area contributed by atoms with Crippen molar-refractivity contribution >= 4 is 13.2 Å². The third-order valence-electron chi connectivity index (χ3n) is 4.46. The van der Waals surface area contributed by atoms with Gasteiger partial charge in [-0.3, -0.25) is 0 Å². The highest BCUT2D eigenvalue weighted by molar-refractivity contribution is 6.48. The molecule has 1 unspecified atom stereocenters. The maximum absolute atomic E-state index is 12.5. The standard InChI is InChI=1S/C16H28BNO4/c1-14(2,3)20-13(19)18-11-9-8-10-12(18)17-21-15(4,5)16(6,7)22-17/h8-9,12H,10-11H2,1-7H3. The third kappa shape index (κ3) is 3.49. The molecule has 0 aromatic heterocycles. The van der Waals surface area contributed by atoms with Crippen molar-refractivity contribution in [1.29, 1.82) is 0 Å². The van der Waals surface area contributed by atoms with Gasteiger partial charge >= 0.3 is 13.2 Å². The van der Waals surface area contributed by atoms with Crippen LogP contribution in [0.3, 0.4) is 0 Å². The molecule has 0 aromatic carbocycles. The number of ether oxygens (including phenoxy) is 1. The topological polar surface area (TPSA) is 48.0 Å². The second-order valence-electron chi connectivity index (χ2n) is 8.03. The predicted octanol–water partition coefficient (Wildman–Crippen LogP) is 3.18. The molecule has 2 rings (SSSR count). The van der Waals surface area contributed by atoms with Crippen LogP contribution in [-0.4, -0.2) is 47.4 Å². The van der Waals surface area contributed by atoms with E-state index in [1.54, 1.807) is 4.90 Å². The lowest BCUT2D eigenvalue weighted by molar-refractivity contribution is 0.00578. The van der Waals surface area contributed by atoms with Gasteiger partial charge < -0.3 is 18.9 Å². The highest BCUT2D eigenvalue weighted by Crippen LogP contribution is 2.39. The Morgan fingerprint density at radius 3 is 2.23 bits per heavy atom. The fourth-order valence-electron chi connectivity index (χ4n) is 2.52. The van der Waals surface area contributed by atoms with Gasteiger partial charge in [0.05, 0.1) is 17.1 Å². The molecule has 1 atom stereocenters. The fraction of sp³-hybridized carbons (Fsp3) is 0.812. The summed E-state index contributed by atoms with van der Waals surface area (Å²) in [5, 5.41) is 0. The van der Waals surface area contributed by atoms with Crippen molar-refractivity contribution in [3.05, 3.63) is 12.2 Å². The van der Waals surface area contributed by atoms with Crippen molar-refractivity contribution in [2.45, 2.75) is 77.6 Å². The summed E-state index contributed by atoms with van der Waals surface area (Å²) in [5.74, 6) is -0.166. The summed E-state index contributed by atoms with van der Waals surface area (Å²) in [6, 6.07) is 0. The molecule has 1 fully saturated rings. The van der Waals surface area contributed by atoms with Crippen LogP contribution in [0.4, 0.5) is 4.79 Å². The normalized spacial score (nSPS) is 27.1. The SMILES string of the molecule is CC(C)(C)OC(=O)N1CC=CCC1B1OC(C)(C)C(C)(C)O1. The summed E-state index contributed by atoms with van der Waals surface area (Å²) in [5.41, 5.74) is -1.32. The molecule has 5 nitrogen and oxygen atoms in total. The van der Waals surface area contributed by atoms with Crippen molar-refractivity contribution in [1.82, 2.24) is 4.90 Å². The molecule has 1 amide bonds. The molecule has 2 heterocycles. The number of carbonyl (C=O) groups is 1. The van der Waals surface area contributed by atoms with Gasteiger partial charge in [0.2, 0.25) is 0 Å². The van der Waals surface area contributed by atoms with Gasteiger partial charge in [0.25, 0.3) is 0 Å². The van der Waals surface area contributed by atoms with Crippen LogP contribution in [0.5, 0.6) is 0 Å². The summed E-state index contributed by atoms with van der Waals surface area (Å²) in [6.45, 7) is 14.2. The predicted molar refractivity (Wildman–Crippen MR) is 86.6 cm³/mol. The van der Waals surface area contributed by atoms with E-state index in [4.69, 9.17) is 14.0 Å².